The molecule has 0 unspecified atom stereocenters. The molecule has 0 saturated heterocycles. The molecule has 0 aliphatic heterocycles. The first-order chi connectivity index (χ1) is 10.8. The highest BCUT2D eigenvalue weighted by atomic mass is 28.4. The fourth-order valence-corrected chi connectivity index (χ4v) is 4.28. The van der Waals surface area contributed by atoms with Gasteiger partial charge < -0.3 is 9.16 Å². The third kappa shape index (κ3) is 3.52. The quantitative estimate of drug-likeness (QED) is 0.396. The summed E-state index contributed by atoms with van der Waals surface area (Å²) in [5.41, 5.74) is 0.400. The topological polar surface area (TPSA) is 52.6 Å². The van der Waals surface area contributed by atoms with Gasteiger partial charge in [-0.1, -0.05) is 34.1 Å². The number of carbonyl (C=O) groups excluding carboxylic acids is 2. The van der Waals surface area contributed by atoms with Crippen LogP contribution in [-0.4, -0.2) is 33.3 Å². The van der Waals surface area contributed by atoms with Crippen molar-refractivity contribution < 1.29 is 18.8 Å². The number of unbranched alkanes of at least 4 members (excludes halogenated alkanes) is 1. The Balaban J connectivity index is 3.38. The summed E-state index contributed by atoms with van der Waals surface area (Å²) in [5.74, 6) is -0.647. The van der Waals surface area contributed by atoms with E-state index in [2.05, 4.69) is 40.8 Å². The number of hydrogen-bond donors (Lipinski definition) is 0. The van der Waals surface area contributed by atoms with Gasteiger partial charge in [-0.25, -0.2) is 0 Å². The van der Waals surface area contributed by atoms with Gasteiger partial charge in [0.15, 0.2) is 19.5 Å². The van der Waals surface area contributed by atoms with Gasteiger partial charge in [0.2, 0.25) is 0 Å². The number of allylic oxidation sites excluding steroid dienone is 1. The fourth-order valence-electron chi connectivity index (χ4n) is 2.96. The van der Waals surface area contributed by atoms with Gasteiger partial charge in [-0.05, 0) is 56.0 Å². The fraction of sp³-hybridized carbons (Fsp3) is 0.789. The van der Waals surface area contributed by atoms with Crippen molar-refractivity contribution in [3.05, 3.63) is 11.1 Å². The highest BCUT2D eigenvalue weighted by Gasteiger charge is 2.58. The average Bonchev–Trinajstić information content (AvgIpc) is 2.66. The molecule has 0 saturated carbocycles. The Morgan fingerprint density at radius 2 is 1.83 bits per heavy atom. The van der Waals surface area contributed by atoms with E-state index in [9.17, 15) is 9.59 Å². The largest absolute Gasteiger partial charge is 0.468 e. The summed E-state index contributed by atoms with van der Waals surface area (Å²) in [6.07, 6.45) is 2.30. The molecule has 5 heteroatoms. The monoisotopic (exact) mass is 354 g/mol. The van der Waals surface area contributed by atoms with Crippen molar-refractivity contribution in [3.63, 3.8) is 0 Å². The third-order valence-corrected chi connectivity index (χ3v) is 10.2. The molecule has 2 atom stereocenters. The minimum Gasteiger partial charge on any atom is -0.468 e. The predicted octanol–water partition coefficient (Wildman–Crippen LogP) is 4.65. The van der Waals surface area contributed by atoms with Gasteiger partial charge in [-0.15, -0.1) is 0 Å². The van der Waals surface area contributed by atoms with Crippen molar-refractivity contribution in [1.29, 1.82) is 0 Å². The lowest BCUT2D eigenvalue weighted by molar-refractivity contribution is -0.159. The summed E-state index contributed by atoms with van der Waals surface area (Å²) >= 11 is 0. The van der Waals surface area contributed by atoms with Crippen molar-refractivity contribution in [2.24, 2.45) is 5.41 Å². The van der Waals surface area contributed by atoms with Gasteiger partial charge in [0, 0.05) is 0 Å². The first kappa shape index (κ1) is 21.1. The Morgan fingerprint density at radius 1 is 1.29 bits per heavy atom. The molecule has 0 aromatic rings. The van der Waals surface area contributed by atoms with E-state index in [0.29, 0.717) is 5.57 Å². The van der Waals surface area contributed by atoms with Crippen LogP contribution in [0.3, 0.4) is 0 Å². The molecule has 4 nitrogen and oxygen atoms in total. The maximum atomic E-state index is 12.9. The molecule has 1 aliphatic carbocycles. The minimum absolute atomic E-state index is 0.000557. The molecule has 0 bridgehead atoms. The van der Waals surface area contributed by atoms with Crippen LogP contribution in [0.1, 0.15) is 60.8 Å². The molecule has 24 heavy (non-hydrogen) atoms. The molecule has 0 heterocycles. The number of ketones is 1. The first-order valence-corrected chi connectivity index (χ1v) is 11.8. The molecule has 0 radical (unpaired) electrons. The minimum atomic E-state index is -2.15. The normalized spacial score (nSPS) is 25.4. The van der Waals surface area contributed by atoms with E-state index in [0.717, 1.165) is 24.8 Å². The Kier molecular flexibility index (Phi) is 6.26. The van der Waals surface area contributed by atoms with Gasteiger partial charge in [0.1, 0.15) is 0 Å². The standard InChI is InChI=1S/C19H34O4Si/c1-10-11-12-14-13(2)15(20)19(6,17(21)22-7)16(14)23-24(8,9)18(3,4)5/h16H,10-12H2,1-9H3/t16-,19-/m1/s1. The second-order valence-corrected chi connectivity index (χ2v) is 13.3. The molecule has 0 N–H and O–H groups in total. The van der Waals surface area contributed by atoms with Crippen LogP contribution < -0.4 is 0 Å². The molecule has 1 rings (SSSR count). The van der Waals surface area contributed by atoms with Crippen LogP contribution in [0.2, 0.25) is 18.1 Å². The van der Waals surface area contributed by atoms with E-state index in [1.165, 1.54) is 7.11 Å². The number of esters is 1. The van der Waals surface area contributed by atoms with Crippen molar-refractivity contribution in [2.75, 3.05) is 7.11 Å². The van der Waals surface area contributed by atoms with E-state index in [1.54, 1.807) is 6.92 Å². The second kappa shape index (κ2) is 7.12. The van der Waals surface area contributed by atoms with Crippen LogP contribution in [0, 0.1) is 5.41 Å². The molecule has 1 aliphatic rings. The Morgan fingerprint density at radius 3 is 2.25 bits per heavy atom. The number of ether oxygens (including phenoxy) is 1. The highest BCUT2D eigenvalue weighted by Crippen LogP contribution is 2.48. The Labute approximate surface area is 148 Å². The predicted molar refractivity (Wildman–Crippen MR) is 99.4 cm³/mol. The van der Waals surface area contributed by atoms with Crippen molar-refractivity contribution in [2.45, 2.75) is 85.0 Å². The summed E-state index contributed by atoms with van der Waals surface area (Å²) in [7, 11) is -0.815. The molecule has 0 spiro atoms. The van der Waals surface area contributed by atoms with Crippen molar-refractivity contribution in [1.82, 2.24) is 0 Å². The van der Waals surface area contributed by atoms with Gasteiger partial charge in [-0.2, -0.15) is 0 Å². The molecular formula is C19H34O4Si. The van der Waals surface area contributed by atoms with Crippen LogP contribution in [0.4, 0.5) is 0 Å². The molecule has 138 valence electrons. The van der Waals surface area contributed by atoms with E-state index >= 15 is 0 Å². The maximum absolute atomic E-state index is 12.9. The number of methoxy groups -OCH3 is 1. The zero-order chi connectivity index (χ0) is 18.9. The zero-order valence-electron chi connectivity index (χ0n) is 16.8. The third-order valence-electron chi connectivity index (χ3n) is 5.76. The molecule has 0 aromatic heterocycles. The summed E-state index contributed by atoms with van der Waals surface area (Å²) in [5, 5.41) is -0.000557. The zero-order valence-corrected chi connectivity index (χ0v) is 17.8. The van der Waals surface area contributed by atoms with Crippen LogP contribution in [-0.2, 0) is 18.8 Å². The molecular weight excluding hydrogens is 320 g/mol. The SMILES string of the molecule is CCCCC1=C(C)C(=O)[C@@](C)(C(=O)OC)[C@@H]1O[Si](C)(C)C(C)(C)C. The average molecular weight is 355 g/mol. The summed E-state index contributed by atoms with van der Waals surface area (Å²) < 4.78 is 11.6. The lowest BCUT2D eigenvalue weighted by atomic mass is 9.82. The van der Waals surface area contributed by atoms with Crippen molar-refractivity contribution >= 4 is 20.1 Å². The number of hydrogen-bond acceptors (Lipinski definition) is 4. The lowest BCUT2D eigenvalue weighted by Gasteiger charge is -2.42. The molecule has 0 aromatic carbocycles. The van der Waals surface area contributed by atoms with E-state index in [4.69, 9.17) is 9.16 Å². The smallest absolute Gasteiger partial charge is 0.322 e. The Hall–Kier alpha value is -0.943. The number of Topliss-reactive ketones (excluding diaryl/α,β-unsaturated/α-hetero) is 1. The maximum Gasteiger partial charge on any atom is 0.322 e. The second-order valence-electron chi connectivity index (χ2n) is 8.54. The van der Waals surface area contributed by atoms with Gasteiger partial charge in [-0.3, -0.25) is 9.59 Å². The van der Waals surface area contributed by atoms with Crippen LogP contribution in [0.25, 0.3) is 0 Å². The summed E-state index contributed by atoms with van der Waals surface area (Å²) in [6, 6.07) is 0. The van der Waals surface area contributed by atoms with E-state index < -0.39 is 25.8 Å². The van der Waals surface area contributed by atoms with Gasteiger partial charge >= 0.3 is 5.97 Å². The number of carbonyl (C=O) groups is 2. The highest BCUT2D eigenvalue weighted by molar-refractivity contribution is 6.74. The molecule has 0 amide bonds. The van der Waals surface area contributed by atoms with Crippen LogP contribution >= 0.6 is 0 Å². The van der Waals surface area contributed by atoms with E-state index in [-0.39, 0.29) is 10.8 Å². The first-order valence-electron chi connectivity index (χ1n) is 8.85. The van der Waals surface area contributed by atoms with Crippen LogP contribution in [0.15, 0.2) is 11.1 Å². The number of rotatable bonds is 6. The summed E-state index contributed by atoms with van der Waals surface area (Å²) in [4.78, 5) is 25.4. The van der Waals surface area contributed by atoms with Gasteiger partial charge in [0.25, 0.3) is 0 Å². The van der Waals surface area contributed by atoms with Crippen LogP contribution in [0.5, 0.6) is 0 Å². The molecule has 0 fully saturated rings. The van der Waals surface area contributed by atoms with E-state index in [1.807, 2.05) is 6.92 Å². The lowest BCUT2D eigenvalue weighted by Crippen LogP contribution is -2.52. The summed E-state index contributed by atoms with van der Waals surface area (Å²) in [6.45, 7) is 16.4. The van der Waals surface area contributed by atoms with Crippen molar-refractivity contribution in [3.8, 4) is 0 Å². The Bertz CT molecular complexity index is 542. The van der Waals surface area contributed by atoms with Gasteiger partial charge in [0.05, 0.1) is 13.2 Å².